The average molecular weight is 607 g/mol. The molecule has 10 aromatic carbocycles. The van der Waals surface area contributed by atoms with Crippen LogP contribution < -0.4 is 0 Å². The zero-order chi connectivity index (χ0) is 31.6. The summed E-state index contributed by atoms with van der Waals surface area (Å²) in [5.74, 6) is 0. The average Bonchev–Trinajstić information content (AvgIpc) is 3.16. The summed E-state index contributed by atoms with van der Waals surface area (Å²) in [6.45, 7) is 0. The van der Waals surface area contributed by atoms with Gasteiger partial charge in [-0.1, -0.05) is 164 Å². The van der Waals surface area contributed by atoms with Crippen molar-refractivity contribution < 1.29 is 0 Å². The SMILES string of the molecule is c1ccc(-c2cc(-c3ccccc3)cc(-c3c4ccccc4c(-c4ccc5ccc6cccc7ccc4c5c67)c4ccccc34)c2)cc1. The molecule has 0 amide bonds. The minimum atomic E-state index is 1.22. The van der Waals surface area contributed by atoms with E-state index in [0.717, 1.165) is 0 Å². The van der Waals surface area contributed by atoms with Crippen LogP contribution in [-0.2, 0) is 0 Å². The van der Waals surface area contributed by atoms with Crippen LogP contribution in [0.1, 0.15) is 0 Å². The molecule has 0 nitrogen and oxygen atoms in total. The zero-order valence-electron chi connectivity index (χ0n) is 26.3. The topological polar surface area (TPSA) is 0 Å². The maximum absolute atomic E-state index is 2.38. The van der Waals surface area contributed by atoms with E-state index in [1.165, 1.54) is 98.4 Å². The Hall–Kier alpha value is -6.24. The van der Waals surface area contributed by atoms with Crippen molar-refractivity contribution in [2.45, 2.75) is 0 Å². The van der Waals surface area contributed by atoms with Crippen molar-refractivity contribution in [3.05, 3.63) is 182 Å². The first kappa shape index (κ1) is 26.9. The molecule has 48 heavy (non-hydrogen) atoms. The molecular weight excluding hydrogens is 577 g/mol. The van der Waals surface area contributed by atoms with Crippen LogP contribution in [0.25, 0.3) is 98.4 Å². The first-order valence-corrected chi connectivity index (χ1v) is 16.7. The molecule has 0 heteroatoms. The molecule has 0 aliphatic carbocycles. The van der Waals surface area contributed by atoms with Gasteiger partial charge in [-0.2, -0.15) is 0 Å². The molecule has 0 N–H and O–H groups in total. The molecule has 10 rings (SSSR count). The van der Waals surface area contributed by atoms with Crippen LogP contribution in [0.5, 0.6) is 0 Å². The Bertz CT molecular complexity index is 2680. The second-order valence-electron chi connectivity index (χ2n) is 12.8. The minimum Gasteiger partial charge on any atom is -0.0622 e. The molecule has 0 spiro atoms. The lowest BCUT2D eigenvalue weighted by molar-refractivity contribution is 1.58. The fourth-order valence-corrected chi connectivity index (χ4v) is 8.05. The molecule has 0 bridgehead atoms. The Morgan fingerprint density at radius 2 is 0.667 bits per heavy atom. The summed E-state index contributed by atoms with van der Waals surface area (Å²) in [6.07, 6.45) is 0. The van der Waals surface area contributed by atoms with Crippen LogP contribution in [0.15, 0.2) is 182 Å². The summed E-state index contributed by atoms with van der Waals surface area (Å²) in [6, 6.07) is 67.1. The van der Waals surface area contributed by atoms with Crippen molar-refractivity contribution in [2.75, 3.05) is 0 Å². The van der Waals surface area contributed by atoms with E-state index in [4.69, 9.17) is 0 Å². The molecule has 0 atom stereocenters. The predicted molar refractivity (Wildman–Crippen MR) is 207 cm³/mol. The van der Waals surface area contributed by atoms with E-state index in [0.29, 0.717) is 0 Å². The van der Waals surface area contributed by atoms with E-state index < -0.39 is 0 Å². The molecule has 0 radical (unpaired) electrons. The van der Waals surface area contributed by atoms with Crippen LogP contribution in [0, 0.1) is 0 Å². The third-order valence-electron chi connectivity index (χ3n) is 10.2. The van der Waals surface area contributed by atoms with E-state index in [1.807, 2.05) is 0 Å². The highest BCUT2D eigenvalue weighted by Gasteiger charge is 2.20. The summed E-state index contributed by atoms with van der Waals surface area (Å²) >= 11 is 0. The molecule has 0 aliphatic heterocycles. The van der Waals surface area contributed by atoms with Crippen LogP contribution in [0.3, 0.4) is 0 Å². The molecular formula is C48H30. The van der Waals surface area contributed by atoms with Crippen molar-refractivity contribution in [1.29, 1.82) is 0 Å². The van der Waals surface area contributed by atoms with Crippen molar-refractivity contribution in [2.24, 2.45) is 0 Å². The third kappa shape index (κ3) is 4.10. The molecule has 0 aliphatic rings. The first-order chi connectivity index (χ1) is 23.8. The second kappa shape index (κ2) is 10.7. The number of benzene rings is 10. The fourth-order valence-electron chi connectivity index (χ4n) is 8.05. The quantitative estimate of drug-likeness (QED) is 0.138. The lowest BCUT2D eigenvalue weighted by Gasteiger charge is -2.21. The number of hydrogen-bond donors (Lipinski definition) is 0. The maximum atomic E-state index is 2.38. The van der Waals surface area contributed by atoms with E-state index in [9.17, 15) is 0 Å². The van der Waals surface area contributed by atoms with Crippen LogP contribution in [0.2, 0.25) is 0 Å². The van der Waals surface area contributed by atoms with Gasteiger partial charge in [0.1, 0.15) is 0 Å². The van der Waals surface area contributed by atoms with Crippen LogP contribution in [0.4, 0.5) is 0 Å². The zero-order valence-corrected chi connectivity index (χ0v) is 26.3. The predicted octanol–water partition coefficient (Wildman–Crippen LogP) is 13.6. The van der Waals surface area contributed by atoms with Crippen molar-refractivity contribution >= 4 is 53.9 Å². The standard InChI is InChI=1S/C48H30/c1-3-12-31(13-4-1)36-28-37(32-14-5-2-6-15-32)30-38(29-36)46-39-18-7-9-20-41(39)48(42-21-10-8-19-40(42)46)44-27-25-35-23-22-33-16-11-17-34-24-26-43(44)47(35)45(33)34/h1-30H. The van der Waals surface area contributed by atoms with E-state index in [-0.39, 0.29) is 0 Å². The number of hydrogen-bond acceptors (Lipinski definition) is 0. The van der Waals surface area contributed by atoms with Gasteiger partial charge in [-0.15, -0.1) is 0 Å². The van der Waals surface area contributed by atoms with Gasteiger partial charge in [0, 0.05) is 0 Å². The lowest BCUT2D eigenvalue weighted by atomic mass is 9.82. The summed E-state index contributed by atoms with van der Waals surface area (Å²) < 4.78 is 0. The Kier molecular flexibility index (Phi) is 5.98. The molecule has 0 fully saturated rings. The lowest BCUT2D eigenvalue weighted by Crippen LogP contribution is -1.93. The normalized spacial score (nSPS) is 11.8. The Labute approximate surface area is 279 Å². The highest BCUT2D eigenvalue weighted by atomic mass is 14.2. The highest BCUT2D eigenvalue weighted by molar-refractivity contribution is 6.29. The molecule has 10 aromatic rings. The molecule has 222 valence electrons. The molecule has 0 saturated heterocycles. The van der Waals surface area contributed by atoms with E-state index in [2.05, 4.69) is 182 Å². The van der Waals surface area contributed by atoms with Crippen LogP contribution in [-0.4, -0.2) is 0 Å². The summed E-state index contributed by atoms with van der Waals surface area (Å²) in [7, 11) is 0. The third-order valence-corrected chi connectivity index (χ3v) is 10.2. The summed E-state index contributed by atoms with van der Waals surface area (Å²) in [4.78, 5) is 0. The summed E-state index contributed by atoms with van der Waals surface area (Å²) in [5.41, 5.74) is 9.95. The molecule has 0 unspecified atom stereocenters. The van der Waals surface area contributed by atoms with Gasteiger partial charge in [-0.25, -0.2) is 0 Å². The maximum Gasteiger partial charge on any atom is -0.00201 e. The van der Waals surface area contributed by atoms with E-state index in [1.54, 1.807) is 0 Å². The van der Waals surface area contributed by atoms with Crippen molar-refractivity contribution in [1.82, 2.24) is 0 Å². The van der Waals surface area contributed by atoms with Crippen molar-refractivity contribution in [3.8, 4) is 44.5 Å². The Morgan fingerprint density at radius 3 is 1.23 bits per heavy atom. The highest BCUT2D eigenvalue weighted by Crippen LogP contribution is 2.48. The first-order valence-electron chi connectivity index (χ1n) is 16.7. The van der Waals surface area contributed by atoms with Gasteiger partial charge in [0.15, 0.2) is 0 Å². The van der Waals surface area contributed by atoms with Gasteiger partial charge >= 0.3 is 0 Å². The van der Waals surface area contributed by atoms with Gasteiger partial charge in [-0.05, 0) is 117 Å². The van der Waals surface area contributed by atoms with E-state index >= 15 is 0 Å². The summed E-state index contributed by atoms with van der Waals surface area (Å²) in [5, 5.41) is 12.9. The van der Waals surface area contributed by atoms with Gasteiger partial charge in [0.05, 0.1) is 0 Å². The van der Waals surface area contributed by atoms with Crippen LogP contribution >= 0.6 is 0 Å². The second-order valence-corrected chi connectivity index (χ2v) is 12.8. The smallest absolute Gasteiger partial charge is 0.00201 e. The Balaban J connectivity index is 1.32. The van der Waals surface area contributed by atoms with Gasteiger partial charge in [-0.3, -0.25) is 0 Å². The minimum absolute atomic E-state index is 1.22. The fraction of sp³-hybridized carbons (Fsp3) is 0. The molecule has 0 aromatic heterocycles. The number of fused-ring (bicyclic) bond motifs is 2. The Morgan fingerprint density at radius 1 is 0.229 bits per heavy atom. The van der Waals surface area contributed by atoms with Gasteiger partial charge in [0.25, 0.3) is 0 Å². The monoisotopic (exact) mass is 606 g/mol. The molecule has 0 heterocycles. The van der Waals surface area contributed by atoms with Crippen molar-refractivity contribution in [3.63, 3.8) is 0 Å². The number of rotatable bonds is 4. The molecule has 0 saturated carbocycles. The largest absolute Gasteiger partial charge is 0.0622 e. The van der Waals surface area contributed by atoms with Gasteiger partial charge in [0.2, 0.25) is 0 Å². The van der Waals surface area contributed by atoms with Gasteiger partial charge < -0.3 is 0 Å².